The van der Waals surface area contributed by atoms with E-state index < -0.39 is 12.1 Å². The van der Waals surface area contributed by atoms with Gasteiger partial charge in [0.1, 0.15) is 0 Å². The minimum atomic E-state index is -4.95. The van der Waals surface area contributed by atoms with Gasteiger partial charge in [0.05, 0.1) is 0 Å². The Morgan fingerprint density at radius 3 is 2.27 bits per heavy atom. The predicted molar refractivity (Wildman–Crippen MR) is 77.0 cm³/mol. The minimum absolute atomic E-state index is 0.0367. The summed E-state index contributed by atoms with van der Waals surface area (Å²) in [5.41, 5.74) is 0.453. The molecule has 122 valence electrons. The zero-order chi connectivity index (χ0) is 16.8. The highest BCUT2D eigenvalue weighted by Crippen LogP contribution is 2.21. The third-order valence-corrected chi connectivity index (χ3v) is 3.33. The van der Waals surface area contributed by atoms with Gasteiger partial charge < -0.3 is 10.6 Å². The number of carbonyl (C=O) groups excluding carboxylic acids is 2. The van der Waals surface area contributed by atoms with E-state index in [-0.39, 0.29) is 24.1 Å². The molecule has 1 aromatic carbocycles. The van der Waals surface area contributed by atoms with Crippen molar-refractivity contribution < 1.29 is 22.8 Å². The first-order chi connectivity index (χ1) is 10.3. The maximum absolute atomic E-state index is 12.3. The van der Waals surface area contributed by atoms with Crippen molar-refractivity contribution in [1.82, 2.24) is 5.32 Å². The number of alkyl halides is 3. The van der Waals surface area contributed by atoms with Crippen LogP contribution in [0.5, 0.6) is 0 Å². The highest BCUT2D eigenvalue weighted by atomic mass is 19.4. The van der Waals surface area contributed by atoms with E-state index >= 15 is 0 Å². The molecule has 0 fully saturated rings. The molecular weight excluding hydrogens is 297 g/mol. The molecule has 0 atom stereocenters. The van der Waals surface area contributed by atoms with Crippen LogP contribution in [0.1, 0.15) is 32.3 Å². The van der Waals surface area contributed by atoms with Gasteiger partial charge in [-0.05, 0) is 24.5 Å². The highest BCUT2D eigenvalue weighted by molar-refractivity contribution is 5.95. The van der Waals surface area contributed by atoms with Gasteiger partial charge in [-0.25, -0.2) is 0 Å². The number of carbonyl (C=O) groups is 2. The first-order valence-electron chi connectivity index (χ1n) is 7.03. The third-order valence-electron chi connectivity index (χ3n) is 3.33. The van der Waals surface area contributed by atoms with Gasteiger partial charge >= 0.3 is 12.1 Å². The molecule has 0 spiro atoms. The summed E-state index contributed by atoms with van der Waals surface area (Å²) in [4.78, 5) is 22.9. The van der Waals surface area contributed by atoms with Gasteiger partial charge in [0.25, 0.3) is 0 Å². The van der Waals surface area contributed by atoms with Crippen LogP contribution in [0.15, 0.2) is 24.3 Å². The Bertz CT molecular complexity index is 526. The van der Waals surface area contributed by atoms with E-state index in [0.717, 1.165) is 0 Å². The molecule has 0 aromatic heterocycles. The van der Waals surface area contributed by atoms with Gasteiger partial charge in [-0.15, -0.1) is 0 Å². The molecule has 0 aliphatic carbocycles. The molecule has 0 saturated heterocycles. The Kier molecular flexibility index (Phi) is 6.39. The summed E-state index contributed by atoms with van der Waals surface area (Å²) in [6, 6.07) is 6.06. The lowest BCUT2D eigenvalue weighted by Crippen LogP contribution is -2.32. The largest absolute Gasteiger partial charge is 0.471 e. The molecule has 22 heavy (non-hydrogen) atoms. The van der Waals surface area contributed by atoms with E-state index in [9.17, 15) is 22.8 Å². The first-order valence-corrected chi connectivity index (χ1v) is 7.03. The second kappa shape index (κ2) is 7.82. The topological polar surface area (TPSA) is 58.2 Å². The summed E-state index contributed by atoms with van der Waals surface area (Å²) in [5, 5.41) is 4.50. The van der Waals surface area contributed by atoms with Gasteiger partial charge in [-0.3, -0.25) is 9.59 Å². The number of amides is 2. The lowest BCUT2D eigenvalue weighted by Gasteiger charge is -2.15. The predicted octanol–water partition coefficient (Wildman–Crippen LogP) is 3.24. The number of hydrogen-bond acceptors (Lipinski definition) is 2. The van der Waals surface area contributed by atoms with E-state index in [0.29, 0.717) is 18.4 Å². The van der Waals surface area contributed by atoms with Crippen molar-refractivity contribution >= 4 is 17.5 Å². The average molecular weight is 316 g/mol. The zero-order valence-corrected chi connectivity index (χ0v) is 12.5. The van der Waals surface area contributed by atoms with Crippen molar-refractivity contribution in [3.05, 3.63) is 29.8 Å². The van der Waals surface area contributed by atoms with Crippen LogP contribution in [-0.2, 0) is 16.1 Å². The molecule has 1 aromatic rings. The smallest absolute Gasteiger partial charge is 0.352 e. The summed E-state index contributed by atoms with van der Waals surface area (Å²) in [5.74, 6) is -2.31. The van der Waals surface area contributed by atoms with Crippen LogP contribution in [0.25, 0.3) is 0 Å². The standard InChI is InChI=1S/C15H19F3N2O2/c1-3-10(4-2)13(21)19-9-11-7-5-6-8-12(11)20-14(22)15(16,17)18/h5-8,10H,3-4,9H2,1-2H3,(H,19,21)(H,20,22). The molecule has 4 nitrogen and oxygen atoms in total. The summed E-state index contributed by atoms with van der Waals surface area (Å²) in [7, 11) is 0. The molecule has 0 heterocycles. The number of nitrogens with one attached hydrogen (secondary N) is 2. The SMILES string of the molecule is CCC(CC)C(=O)NCc1ccccc1NC(=O)C(F)(F)F. The molecular formula is C15H19F3N2O2. The van der Waals surface area contributed by atoms with E-state index in [1.807, 2.05) is 19.2 Å². The van der Waals surface area contributed by atoms with Gasteiger partial charge in [0.15, 0.2) is 0 Å². The molecule has 0 aliphatic rings. The molecule has 7 heteroatoms. The fourth-order valence-electron chi connectivity index (χ4n) is 1.98. The normalized spacial score (nSPS) is 11.4. The molecule has 0 aliphatic heterocycles. The van der Waals surface area contributed by atoms with Gasteiger partial charge in [0, 0.05) is 18.2 Å². The van der Waals surface area contributed by atoms with Crippen LogP contribution in [0.4, 0.5) is 18.9 Å². The van der Waals surface area contributed by atoms with E-state index in [4.69, 9.17) is 0 Å². The van der Waals surface area contributed by atoms with Crippen molar-refractivity contribution in [2.24, 2.45) is 5.92 Å². The van der Waals surface area contributed by atoms with Crippen LogP contribution in [-0.4, -0.2) is 18.0 Å². The number of para-hydroxylation sites is 1. The zero-order valence-electron chi connectivity index (χ0n) is 12.5. The lowest BCUT2D eigenvalue weighted by molar-refractivity contribution is -0.167. The Morgan fingerprint density at radius 1 is 1.14 bits per heavy atom. The average Bonchev–Trinajstić information content (AvgIpc) is 2.46. The second-order valence-electron chi connectivity index (χ2n) is 4.84. The van der Waals surface area contributed by atoms with Crippen molar-refractivity contribution in [2.45, 2.75) is 39.4 Å². The molecule has 1 rings (SSSR count). The van der Waals surface area contributed by atoms with E-state index in [2.05, 4.69) is 5.32 Å². The second-order valence-corrected chi connectivity index (χ2v) is 4.84. The molecule has 0 radical (unpaired) electrons. The Hall–Kier alpha value is -2.05. The Morgan fingerprint density at radius 2 is 1.73 bits per heavy atom. The fraction of sp³-hybridized carbons (Fsp3) is 0.467. The maximum atomic E-state index is 12.3. The van der Waals surface area contributed by atoms with Gasteiger partial charge in [-0.2, -0.15) is 13.2 Å². The summed E-state index contributed by atoms with van der Waals surface area (Å²) in [6.07, 6.45) is -3.57. The maximum Gasteiger partial charge on any atom is 0.471 e. The van der Waals surface area contributed by atoms with Crippen molar-refractivity contribution in [3.8, 4) is 0 Å². The quantitative estimate of drug-likeness (QED) is 0.846. The number of anilines is 1. The monoisotopic (exact) mass is 316 g/mol. The number of hydrogen-bond donors (Lipinski definition) is 2. The van der Waals surface area contributed by atoms with E-state index in [1.54, 1.807) is 12.1 Å². The van der Waals surface area contributed by atoms with Crippen LogP contribution in [0.2, 0.25) is 0 Å². The van der Waals surface area contributed by atoms with Crippen molar-refractivity contribution in [2.75, 3.05) is 5.32 Å². The minimum Gasteiger partial charge on any atom is -0.352 e. The van der Waals surface area contributed by atoms with E-state index in [1.165, 1.54) is 12.1 Å². The van der Waals surface area contributed by atoms with Crippen LogP contribution in [0, 0.1) is 5.92 Å². The Labute approximate surface area is 127 Å². The van der Waals surface area contributed by atoms with Gasteiger partial charge in [-0.1, -0.05) is 32.0 Å². The number of benzene rings is 1. The fourth-order valence-corrected chi connectivity index (χ4v) is 1.98. The van der Waals surface area contributed by atoms with Crippen molar-refractivity contribution in [1.29, 1.82) is 0 Å². The molecule has 0 unspecified atom stereocenters. The van der Waals surface area contributed by atoms with Crippen molar-refractivity contribution in [3.63, 3.8) is 0 Å². The summed E-state index contributed by atoms with van der Waals surface area (Å²) >= 11 is 0. The van der Waals surface area contributed by atoms with Crippen LogP contribution in [0.3, 0.4) is 0 Å². The summed E-state index contributed by atoms with van der Waals surface area (Å²) in [6.45, 7) is 3.85. The molecule has 2 amide bonds. The molecule has 2 N–H and O–H groups in total. The van der Waals surface area contributed by atoms with Gasteiger partial charge in [0.2, 0.25) is 5.91 Å². The number of halogens is 3. The molecule has 0 bridgehead atoms. The Balaban J connectivity index is 2.76. The molecule has 0 saturated carbocycles. The van der Waals surface area contributed by atoms with Crippen LogP contribution < -0.4 is 10.6 Å². The van der Waals surface area contributed by atoms with Crippen LogP contribution >= 0.6 is 0 Å². The summed E-state index contributed by atoms with van der Waals surface area (Å²) < 4.78 is 36.9. The number of rotatable bonds is 6. The first kappa shape index (κ1) is 18.0. The lowest BCUT2D eigenvalue weighted by atomic mass is 10.0. The highest BCUT2D eigenvalue weighted by Gasteiger charge is 2.38. The third kappa shape index (κ3) is 5.05.